The normalized spacial score (nSPS) is 18.5. The zero-order valence-corrected chi connectivity index (χ0v) is 34.7. The first-order valence-electron chi connectivity index (χ1n) is 20.4. The van der Waals surface area contributed by atoms with Gasteiger partial charge in [0, 0.05) is 49.1 Å². The van der Waals surface area contributed by atoms with Crippen molar-refractivity contribution in [2.75, 3.05) is 53.8 Å². The molecule has 5 aromatic rings. The molecule has 3 aliphatic heterocycles. The number of nitrogens with two attached hydrogens (primary N) is 1. The molecule has 15 heteroatoms. The Labute approximate surface area is 348 Å². The van der Waals surface area contributed by atoms with Crippen LogP contribution in [0.2, 0.25) is 0 Å². The number of imide groups is 1. The standard InChI is InChI=1S/C44H49FN8O4S2/c1-2-26-59(56,57)51-36-5-3-4-35(39(36)45)40-41(37-16-21-47-44(46)48-37)58-43(50-40)32-8-6-29(7-9-32)30-19-22-52(23-20-30)27-28-17-24-53(25-18-28)33-12-10-31(11-13-33)34-14-15-38(54)49-42(34)55/h3-13,16,21,28,30,34,51H,2,14-15,17-20,22-27H2,1H3,(H2,46,47,48)(H,49,54,55)/t34-/m0/s1. The van der Waals surface area contributed by atoms with E-state index in [1.165, 1.54) is 28.7 Å². The number of nitrogen functional groups attached to an aromatic ring is 1. The minimum Gasteiger partial charge on any atom is -0.372 e. The molecular weight excluding hydrogens is 788 g/mol. The lowest BCUT2D eigenvalue weighted by atomic mass is 9.88. The fraction of sp³-hybridized carbons (Fsp3) is 0.386. The predicted molar refractivity (Wildman–Crippen MR) is 231 cm³/mol. The number of nitrogens with zero attached hydrogens (tertiary/aromatic N) is 5. The molecule has 2 amide bonds. The number of sulfonamides is 1. The van der Waals surface area contributed by atoms with Crippen molar-refractivity contribution in [3.05, 3.63) is 95.9 Å². The molecule has 0 saturated carbocycles. The Kier molecular flexibility index (Phi) is 12.0. The van der Waals surface area contributed by atoms with Crippen LogP contribution in [0.5, 0.6) is 0 Å². The molecule has 0 bridgehead atoms. The van der Waals surface area contributed by atoms with Gasteiger partial charge in [-0.1, -0.05) is 49.4 Å². The van der Waals surface area contributed by atoms with Gasteiger partial charge in [-0.15, -0.1) is 11.3 Å². The van der Waals surface area contributed by atoms with Gasteiger partial charge < -0.3 is 15.5 Å². The van der Waals surface area contributed by atoms with Crippen LogP contribution in [0.15, 0.2) is 79.0 Å². The fourth-order valence-electron chi connectivity index (χ4n) is 8.60. The second-order valence-corrected chi connectivity index (χ2v) is 18.6. The molecule has 3 aliphatic rings. The summed E-state index contributed by atoms with van der Waals surface area (Å²) in [4.78, 5) is 42.9. The third-order valence-electron chi connectivity index (χ3n) is 11.8. The van der Waals surface area contributed by atoms with E-state index in [-0.39, 0.29) is 40.7 Å². The molecule has 59 heavy (non-hydrogen) atoms. The summed E-state index contributed by atoms with van der Waals surface area (Å²) in [5.74, 6) is -0.261. The smallest absolute Gasteiger partial charge is 0.234 e. The molecule has 1 atom stereocenters. The largest absolute Gasteiger partial charge is 0.372 e. The quantitative estimate of drug-likeness (QED) is 0.108. The average Bonchev–Trinajstić information content (AvgIpc) is 3.68. The number of hydrogen-bond donors (Lipinski definition) is 3. The maximum Gasteiger partial charge on any atom is 0.234 e. The van der Waals surface area contributed by atoms with Crippen molar-refractivity contribution in [1.82, 2.24) is 25.2 Å². The van der Waals surface area contributed by atoms with Gasteiger partial charge in [-0.25, -0.2) is 27.8 Å². The number of piperidine rings is 3. The Morgan fingerprint density at radius 3 is 2.32 bits per heavy atom. The molecule has 8 rings (SSSR count). The van der Waals surface area contributed by atoms with Gasteiger partial charge in [0.05, 0.1) is 33.6 Å². The SMILES string of the molecule is CCCS(=O)(=O)Nc1cccc(-c2nc(-c3ccc(C4CCN(CC5CCN(c6ccc([C@@H]7CCC(=O)NC7=O)cc6)CC5)CC4)cc3)sc2-c2ccnc(N)n2)c1F. The van der Waals surface area contributed by atoms with Crippen LogP contribution >= 0.6 is 11.3 Å². The van der Waals surface area contributed by atoms with Crippen molar-refractivity contribution in [3.8, 4) is 32.4 Å². The van der Waals surface area contributed by atoms with E-state index in [1.54, 1.807) is 31.3 Å². The number of aromatic nitrogens is 3. The average molecular weight is 837 g/mol. The summed E-state index contributed by atoms with van der Waals surface area (Å²) in [6, 6.07) is 23.1. The summed E-state index contributed by atoms with van der Waals surface area (Å²) >= 11 is 1.37. The van der Waals surface area contributed by atoms with E-state index in [1.807, 2.05) is 12.1 Å². The van der Waals surface area contributed by atoms with Gasteiger partial charge in [-0.3, -0.25) is 19.6 Å². The lowest BCUT2D eigenvalue weighted by Crippen LogP contribution is -2.41. The highest BCUT2D eigenvalue weighted by Crippen LogP contribution is 2.42. The van der Waals surface area contributed by atoms with Crippen LogP contribution < -0.4 is 20.7 Å². The summed E-state index contributed by atoms with van der Waals surface area (Å²) in [6.45, 7) is 7.03. The first kappa shape index (κ1) is 40.5. The molecule has 5 heterocycles. The number of anilines is 3. The molecular formula is C44H49FN8O4S2. The third kappa shape index (κ3) is 9.32. The van der Waals surface area contributed by atoms with Crippen LogP contribution in [-0.4, -0.2) is 78.6 Å². The summed E-state index contributed by atoms with van der Waals surface area (Å²) in [7, 11) is -3.72. The minimum atomic E-state index is -3.72. The molecule has 4 N–H and O–H groups in total. The number of nitrogens with one attached hydrogen (secondary N) is 2. The second kappa shape index (κ2) is 17.5. The van der Waals surface area contributed by atoms with Gasteiger partial charge in [0.1, 0.15) is 5.01 Å². The van der Waals surface area contributed by atoms with Crippen molar-refractivity contribution < 1.29 is 22.4 Å². The van der Waals surface area contributed by atoms with Crippen LogP contribution in [-0.2, 0) is 19.6 Å². The van der Waals surface area contributed by atoms with Gasteiger partial charge >= 0.3 is 0 Å². The molecule has 0 spiro atoms. The number of halogens is 1. The molecule has 2 aromatic heterocycles. The molecule has 3 aromatic carbocycles. The monoisotopic (exact) mass is 836 g/mol. The van der Waals surface area contributed by atoms with E-state index < -0.39 is 15.8 Å². The second-order valence-electron chi connectivity index (χ2n) is 15.8. The third-order valence-corrected chi connectivity index (χ3v) is 14.4. The van der Waals surface area contributed by atoms with Gasteiger partial charge in [0.15, 0.2) is 5.82 Å². The predicted octanol–water partition coefficient (Wildman–Crippen LogP) is 7.42. The highest BCUT2D eigenvalue weighted by atomic mass is 32.2. The Balaban J connectivity index is 0.883. The topological polar surface area (TPSA) is 164 Å². The number of thiazole rings is 1. The van der Waals surface area contributed by atoms with Crippen molar-refractivity contribution in [3.63, 3.8) is 0 Å². The molecule has 308 valence electrons. The highest BCUT2D eigenvalue weighted by Gasteiger charge is 2.29. The highest BCUT2D eigenvalue weighted by molar-refractivity contribution is 7.92. The van der Waals surface area contributed by atoms with E-state index >= 15 is 4.39 Å². The van der Waals surface area contributed by atoms with Crippen LogP contribution in [0, 0.1) is 11.7 Å². The minimum absolute atomic E-state index is 0.0819. The zero-order valence-electron chi connectivity index (χ0n) is 33.1. The zero-order chi connectivity index (χ0) is 41.1. The van der Waals surface area contributed by atoms with E-state index in [4.69, 9.17) is 10.7 Å². The summed E-state index contributed by atoms with van der Waals surface area (Å²) in [6.07, 6.45) is 7.39. The number of hydrogen-bond acceptors (Lipinski definition) is 11. The van der Waals surface area contributed by atoms with Crippen LogP contribution in [0.4, 0.5) is 21.7 Å². The van der Waals surface area contributed by atoms with E-state index in [2.05, 4.69) is 66.2 Å². The van der Waals surface area contributed by atoms with Crippen molar-refractivity contribution >= 4 is 50.5 Å². The van der Waals surface area contributed by atoms with Gasteiger partial charge in [0.25, 0.3) is 0 Å². The van der Waals surface area contributed by atoms with Crippen molar-refractivity contribution in [2.24, 2.45) is 5.92 Å². The summed E-state index contributed by atoms with van der Waals surface area (Å²) in [5.41, 5.74) is 11.2. The Hall–Kier alpha value is -5.25. The fourth-order valence-corrected chi connectivity index (χ4v) is 10.8. The first-order valence-corrected chi connectivity index (χ1v) is 22.9. The Morgan fingerprint density at radius 1 is 0.898 bits per heavy atom. The molecule has 0 aliphatic carbocycles. The molecule has 12 nitrogen and oxygen atoms in total. The van der Waals surface area contributed by atoms with Gasteiger partial charge in [-0.2, -0.15) is 0 Å². The lowest BCUT2D eigenvalue weighted by Gasteiger charge is -2.38. The van der Waals surface area contributed by atoms with Crippen LogP contribution in [0.25, 0.3) is 32.4 Å². The van der Waals surface area contributed by atoms with Crippen molar-refractivity contribution in [1.29, 1.82) is 0 Å². The number of benzene rings is 3. The van der Waals surface area contributed by atoms with Crippen molar-refractivity contribution in [2.45, 2.75) is 63.7 Å². The molecule has 0 radical (unpaired) electrons. The molecule has 0 unspecified atom stereocenters. The maximum absolute atomic E-state index is 16.0. The first-order chi connectivity index (χ1) is 28.5. The Bertz CT molecular complexity index is 2410. The number of likely N-dealkylation sites (tertiary alicyclic amines) is 1. The van der Waals surface area contributed by atoms with Gasteiger partial charge in [-0.05, 0) is 105 Å². The molecule has 3 saturated heterocycles. The van der Waals surface area contributed by atoms with E-state index in [0.717, 1.165) is 69.5 Å². The number of rotatable bonds is 12. The number of carbonyl (C=O) groups excluding carboxylic acids is 2. The summed E-state index contributed by atoms with van der Waals surface area (Å²) < 4.78 is 43.5. The van der Waals surface area contributed by atoms with E-state index in [9.17, 15) is 18.0 Å². The maximum atomic E-state index is 16.0. The summed E-state index contributed by atoms with van der Waals surface area (Å²) in [5, 5.41) is 3.14. The lowest BCUT2D eigenvalue weighted by molar-refractivity contribution is -0.134. The number of amides is 2. The van der Waals surface area contributed by atoms with Gasteiger partial charge in [0.2, 0.25) is 27.8 Å². The van der Waals surface area contributed by atoms with Crippen LogP contribution in [0.3, 0.4) is 0 Å². The number of carbonyl (C=O) groups is 2. The van der Waals surface area contributed by atoms with Crippen LogP contribution in [0.1, 0.15) is 74.8 Å². The Morgan fingerprint density at radius 2 is 1.63 bits per heavy atom. The molecule has 3 fully saturated rings. The van der Waals surface area contributed by atoms with E-state index in [0.29, 0.717) is 52.4 Å².